The Morgan fingerprint density at radius 3 is 2.62 bits per heavy atom. The average molecular weight is 293 g/mol. The molecule has 116 valence electrons. The molecule has 1 unspecified atom stereocenters. The predicted octanol–water partition coefficient (Wildman–Crippen LogP) is 1.61. The zero-order chi connectivity index (χ0) is 15.7. The van der Waals surface area contributed by atoms with Gasteiger partial charge in [0.1, 0.15) is 5.75 Å². The van der Waals surface area contributed by atoms with Crippen LogP contribution in [0.1, 0.15) is 37.0 Å². The van der Waals surface area contributed by atoms with Crippen molar-refractivity contribution in [3.63, 3.8) is 0 Å². The van der Waals surface area contributed by atoms with Gasteiger partial charge in [-0.1, -0.05) is 13.0 Å². The highest BCUT2D eigenvalue weighted by atomic mass is 16.3. The standard InChI is InChI=1S/C15H23N3O3/c1-3-11(2)18-15(21)17-9-5-8-16-14(20)12-6-4-7-13(19)10-12/h4,6-7,10-11,19H,3,5,8-9H2,1-2H3,(H,16,20)(H2,17,18,21). The Morgan fingerprint density at radius 1 is 1.24 bits per heavy atom. The fourth-order valence-electron chi connectivity index (χ4n) is 1.62. The van der Waals surface area contributed by atoms with E-state index < -0.39 is 0 Å². The Hall–Kier alpha value is -2.24. The third-order valence-electron chi connectivity index (χ3n) is 3.02. The largest absolute Gasteiger partial charge is 0.508 e. The van der Waals surface area contributed by atoms with Crippen molar-refractivity contribution in [3.05, 3.63) is 29.8 Å². The van der Waals surface area contributed by atoms with Gasteiger partial charge in [0.15, 0.2) is 0 Å². The van der Waals surface area contributed by atoms with Crippen molar-refractivity contribution in [1.82, 2.24) is 16.0 Å². The van der Waals surface area contributed by atoms with Crippen molar-refractivity contribution in [2.24, 2.45) is 0 Å². The molecule has 0 aliphatic carbocycles. The molecule has 1 aromatic carbocycles. The summed E-state index contributed by atoms with van der Waals surface area (Å²) < 4.78 is 0. The van der Waals surface area contributed by atoms with E-state index in [0.29, 0.717) is 25.1 Å². The first kappa shape index (κ1) is 16.8. The summed E-state index contributed by atoms with van der Waals surface area (Å²) in [5, 5.41) is 17.5. The average Bonchev–Trinajstić information content (AvgIpc) is 2.46. The fraction of sp³-hybridized carbons (Fsp3) is 0.467. The van der Waals surface area contributed by atoms with Crippen molar-refractivity contribution >= 4 is 11.9 Å². The smallest absolute Gasteiger partial charge is 0.314 e. The Morgan fingerprint density at radius 2 is 1.95 bits per heavy atom. The molecule has 0 spiro atoms. The number of hydrogen-bond acceptors (Lipinski definition) is 3. The Kier molecular flexibility index (Phi) is 7.08. The molecule has 0 fully saturated rings. The number of phenols is 1. The van der Waals surface area contributed by atoms with Gasteiger partial charge in [0, 0.05) is 24.7 Å². The van der Waals surface area contributed by atoms with E-state index in [0.717, 1.165) is 6.42 Å². The van der Waals surface area contributed by atoms with Crippen molar-refractivity contribution in [1.29, 1.82) is 0 Å². The van der Waals surface area contributed by atoms with Crippen molar-refractivity contribution < 1.29 is 14.7 Å². The Bertz CT molecular complexity index is 477. The van der Waals surface area contributed by atoms with Crippen LogP contribution in [-0.2, 0) is 0 Å². The summed E-state index contributed by atoms with van der Waals surface area (Å²) in [6, 6.07) is 6.13. The number of benzene rings is 1. The van der Waals surface area contributed by atoms with Gasteiger partial charge in [0.25, 0.3) is 5.91 Å². The number of carbonyl (C=O) groups is 2. The molecule has 3 amide bonds. The summed E-state index contributed by atoms with van der Waals surface area (Å²) in [4.78, 5) is 23.2. The number of aromatic hydroxyl groups is 1. The summed E-state index contributed by atoms with van der Waals surface area (Å²) in [6.07, 6.45) is 1.52. The summed E-state index contributed by atoms with van der Waals surface area (Å²) in [6.45, 7) is 4.89. The second kappa shape index (κ2) is 8.84. The molecule has 6 heteroatoms. The van der Waals surface area contributed by atoms with Gasteiger partial charge in [0.05, 0.1) is 0 Å². The van der Waals surface area contributed by atoms with Crippen LogP contribution in [0, 0.1) is 0 Å². The van der Waals surface area contributed by atoms with Gasteiger partial charge < -0.3 is 21.1 Å². The number of carbonyl (C=O) groups excluding carboxylic acids is 2. The highest BCUT2D eigenvalue weighted by Crippen LogP contribution is 2.10. The maximum Gasteiger partial charge on any atom is 0.314 e. The quantitative estimate of drug-likeness (QED) is 0.576. The van der Waals surface area contributed by atoms with E-state index in [-0.39, 0.29) is 23.7 Å². The van der Waals surface area contributed by atoms with Gasteiger partial charge in [-0.3, -0.25) is 4.79 Å². The van der Waals surface area contributed by atoms with Gasteiger partial charge in [-0.05, 0) is 38.0 Å². The van der Waals surface area contributed by atoms with Crippen LogP contribution in [0.4, 0.5) is 4.79 Å². The zero-order valence-electron chi connectivity index (χ0n) is 12.5. The predicted molar refractivity (Wildman–Crippen MR) is 81.3 cm³/mol. The minimum atomic E-state index is -0.241. The lowest BCUT2D eigenvalue weighted by Crippen LogP contribution is -2.41. The molecule has 0 aliphatic rings. The summed E-state index contributed by atoms with van der Waals surface area (Å²) in [7, 11) is 0. The normalized spacial score (nSPS) is 11.5. The molecule has 0 aromatic heterocycles. The highest BCUT2D eigenvalue weighted by molar-refractivity contribution is 5.94. The van der Waals surface area contributed by atoms with Crippen LogP contribution >= 0.6 is 0 Å². The maximum atomic E-state index is 11.8. The van der Waals surface area contributed by atoms with E-state index in [1.165, 1.54) is 12.1 Å². The van der Waals surface area contributed by atoms with E-state index in [9.17, 15) is 14.7 Å². The van der Waals surface area contributed by atoms with E-state index >= 15 is 0 Å². The number of urea groups is 1. The lowest BCUT2D eigenvalue weighted by atomic mass is 10.2. The molecule has 0 aliphatic heterocycles. The lowest BCUT2D eigenvalue weighted by Gasteiger charge is -2.12. The molecular weight excluding hydrogens is 270 g/mol. The Labute approximate surface area is 124 Å². The minimum absolute atomic E-state index is 0.0611. The summed E-state index contributed by atoms with van der Waals surface area (Å²) >= 11 is 0. The number of rotatable bonds is 7. The van der Waals surface area contributed by atoms with Gasteiger partial charge in [0.2, 0.25) is 0 Å². The molecule has 0 saturated carbocycles. The summed E-state index contributed by atoms with van der Waals surface area (Å²) in [5.41, 5.74) is 0.414. The molecule has 21 heavy (non-hydrogen) atoms. The first-order valence-corrected chi connectivity index (χ1v) is 7.14. The van der Waals surface area contributed by atoms with Crippen molar-refractivity contribution in [2.45, 2.75) is 32.7 Å². The van der Waals surface area contributed by atoms with Crippen LogP contribution in [0.25, 0.3) is 0 Å². The third-order valence-corrected chi connectivity index (χ3v) is 3.02. The van der Waals surface area contributed by atoms with Gasteiger partial charge in [-0.15, -0.1) is 0 Å². The van der Waals surface area contributed by atoms with Crippen LogP contribution in [0.2, 0.25) is 0 Å². The molecule has 0 heterocycles. The monoisotopic (exact) mass is 293 g/mol. The number of hydrogen-bond donors (Lipinski definition) is 4. The summed E-state index contributed by atoms with van der Waals surface area (Å²) in [5.74, 6) is -0.180. The molecule has 0 radical (unpaired) electrons. The number of nitrogens with one attached hydrogen (secondary N) is 3. The molecule has 1 aromatic rings. The molecule has 4 N–H and O–H groups in total. The number of amides is 3. The molecule has 1 rings (SSSR count). The van der Waals surface area contributed by atoms with Crippen LogP contribution in [-0.4, -0.2) is 36.2 Å². The SMILES string of the molecule is CCC(C)NC(=O)NCCCNC(=O)c1cccc(O)c1. The Balaban J connectivity index is 2.17. The minimum Gasteiger partial charge on any atom is -0.508 e. The van der Waals surface area contributed by atoms with Crippen LogP contribution in [0.3, 0.4) is 0 Å². The van der Waals surface area contributed by atoms with Crippen molar-refractivity contribution in [2.75, 3.05) is 13.1 Å². The molecular formula is C15H23N3O3. The molecule has 0 saturated heterocycles. The second-order valence-corrected chi connectivity index (χ2v) is 4.87. The van der Waals surface area contributed by atoms with Crippen LogP contribution in [0.5, 0.6) is 5.75 Å². The third kappa shape index (κ3) is 6.65. The van der Waals surface area contributed by atoms with Crippen LogP contribution in [0.15, 0.2) is 24.3 Å². The number of phenolic OH excluding ortho intramolecular Hbond substituents is 1. The zero-order valence-corrected chi connectivity index (χ0v) is 12.5. The van der Waals surface area contributed by atoms with E-state index in [2.05, 4.69) is 16.0 Å². The van der Waals surface area contributed by atoms with E-state index in [1.807, 2.05) is 13.8 Å². The van der Waals surface area contributed by atoms with E-state index in [4.69, 9.17) is 0 Å². The highest BCUT2D eigenvalue weighted by Gasteiger charge is 2.06. The van der Waals surface area contributed by atoms with Crippen LogP contribution < -0.4 is 16.0 Å². The fourth-order valence-corrected chi connectivity index (χ4v) is 1.62. The van der Waals surface area contributed by atoms with Gasteiger partial charge in [-0.2, -0.15) is 0 Å². The van der Waals surface area contributed by atoms with E-state index in [1.54, 1.807) is 12.1 Å². The molecule has 0 bridgehead atoms. The van der Waals surface area contributed by atoms with Gasteiger partial charge in [-0.25, -0.2) is 4.79 Å². The lowest BCUT2D eigenvalue weighted by molar-refractivity contribution is 0.0953. The molecule has 1 atom stereocenters. The topological polar surface area (TPSA) is 90.5 Å². The maximum absolute atomic E-state index is 11.8. The second-order valence-electron chi connectivity index (χ2n) is 4.87. The molecule has 6 nitrogen and oxygen atoms in total. The van der Waals surface area contributed by atoms with Gasteiger partial charge >= 0.3 is 6.03 Å². The van der Waals surface area contributed by atoms with Crippen molar-refractivity contribution in [3.8, 4) is 5.75 Å². The first-order valence-electron chi connectivity index (χ1n) is 7.14. The first-order chi connectivity index (χ1) is 10.0.